The van der Waals surface area contributed by atoms with Gasteiger partial charge < -0.3 is 15.2 Å². The summed E-state index contributed by atoms with van der Waals surface area (Å²) in [6, 6.07) is 29.1. The van der Waals surface area contributed by atoms with Crippen LogP contribution in [0.5, 0.6) is 11.5 Å². The summed E-state index contributed by atoms with van der Waals surface area (Å²) in [7, 11) is 1.64. The number of nitrogens with zero attached hydrogens (tertiary/aromatic N) is 3. The molecule has 1 heterocycles. The van der Waals surface area contributed by atoms with E-state index in [4.69, 9.17) is 9.84 Å². The fraction of sp³-hybridized carbons (Fsp3) is 0.229. The number of ether oxygens (including phenoxy) is 1. The maximum absolute atomic E-state index is 13.8. The Hall–Kier alpha value is -4.63. The lowest BCUT2D eigenvalue weighted by Crippen LogP contribution is -2.25. The van der Waals surface area contributed by atoms with Gasteiger partial charge in [0.1, 0.15) is 23.1 Å². The Morgan fingerprint density at radius 1 is 1.00 bits per heavy atom. The molecule has 0 bridgehead atoms. The normalized spacial score (nSPS) is 11.7. The predicted octanol–water partition coefficient (Wildman–Crippen LogP) is 7.26. The Bertz CT molecular complexity index is 1710. The highest BCUT2D eigenvalue weighted by atomic mass is 32.2. The number of carbonyl (C=O) groups excluding carboxylic acids is 1. The number of phenols is 1. The largest absolute Gasteiger partial charge is 0.507 e. The molecule has 4 aromatic carbocycles. The lowest BCUT2D eigenvalue weighted by Gasteiger charge is -2.19. The number of hydrogen-bond acceptors (Lipinski definition) is 6. The lowest BCUT2D eigenvalue weighted by molar-refractivity contribution is 0.0950. The number of aryl methyl sites for hydroxylation is 1. The molecule has 0 aliphatic carbocycles. The Balaban J connectivity index is 1.43. The second-order valence-corrected chi connectivity index (χ2v) is 11.5. The molecule has 7 nitrogen and oxygen atoms in total. The van der Waals surface area contributed by atoms with Crippen LogP contribution in [0.2, 0.25) is 0 Å². The molecule has 0 aliphatic heterocycles. The molecule has 9 heteroatoms. The van der Waals surface area contributed by atoms with Gasteiger partial charge in [-0.15, -0.1) is 10.2 Å². The minimum atomic E-state index is -0.326. The Morgan fingerprint density at radius 3 is 2.55 bits per heavy atom. The molecule has 2 N–H and O–H groups in total. The van der Waals surface area contributed by atoms with Gasteiger partial charge in [0, 0.05) is 24.3 Å². The van der Waals surface area contributed by atoms with Crippen LogP contribution in [-0.4, -0.2) is 39.4 Å². The van der Waals surface area contributed by atoms with Crippen molar-refractivity contribution in [2.24, 2.45) is 0 Å². The highest BCUT2D eigenvalue weighted by Gasteiger charge is 2.24. The molecule has 5 rings (SSSR count). The smallest absolute Gasteiger partial charge is 0.255 e. The van der Waals surface area contributed by atoms with Crippen molar-refractivity contribution in [1.29, 1.82) is 0 Å². The summed E-state index contributed by atoms with van der Waals surface area (Å²) in [5, 5.41) is 23.1. The SMILES string of the molecule is COc1cccc(-n2c(SCc3ccccc3C)nnc2C(CCCNC(=O)c2ccccc2O)Cc2ccc(F)cc2)c1. The van der Waals surface area contributed by atoms with E-state index < -0.39 is 0 Å². The minimum Gasteiger partial charge on any atom is -0.507 e. The molecule has 1 amide bonds. The van der Waals surface area contributed by atoms with Gasteiger partial charge in [-0.25, -0.2) is 4.39 Å². The predicted molar refractivity (Wildman–Crippen MR) is 171 cm³/mol. The van der Waals surface area contributed by atoms with Gasteiger partial charge in [0.15, 0.2) is 5.16 Å². The number of nitrogens with one attached hydrogen (secondary N) is 1. The standard InChI is InChI=1S/C35H35FN4O3S/c1-24-9-3-4-10-27(24)23-44-35-39-38-33(40(35)29-12-7-13-30(22-29)43-2)26(21-25-16-18-28(36)19-17-25)11-8-20-37-34(42)31-14-5-6-15-32(31)41/h3-7,9-10,12-19,22,26,41H,8,11,20-21,23H2,1-2H3,(H,37,42). The van der Waals surface area contributed by atoms with E-state index >= 15 is 0 Å². The third kappa shape index (κ3) is 7.65. The number of phenolic OH excluding ortho intramolecular Hbond substituents is 1. The van der Waals surface area contributed by atoms with E-state index in [-0.39, 0.29) is 29.0 Å². The topological polar surface area (TPSA) is 89.3 Å². The number of carbonyl (C=O) groups is 1. The van der Waals surface area contributed by atoms with Crippen LogP contribution in [0.3, 0.4) is 0 Å². The molecule has 1 unspecified atom stereocenters. The zero-order valence-electron chi connectivity index (χ0n) is 24.7. The number of hydrogen-bond donors (Lipinski definition) is 2. The first-order chi connectivity index (χ1) is 21.4. The first-order valence-corrected chi connectivity index (χ1v) is 15.5. The summed E-state index contributed by atoms with van der Waals surface area (Å²) < 4.78 is 21.4. The van der Waals surface area contributed by atoms with Crippen molar-refractivity contribution in [1.82, 2.24) is 20.1 Å². The molecule has 0 saturated carbocycles. The Morgan fingerprint density at radius 2 is 1.77 bits per heavy atom. The van der Waals surface area contributed by atoms with E-state index in [2.05, 4.69) is 34.0 Å². The van der Waals surface area contributed by atoms with Crippen LogP contribution >= 0.6 is 11.8 Å². The first-order valence-electron chi connectivity index (χ1n) is 14.5. The van der Waals surface area contributed by atoms with Gasteiger partial charge in [0.25, 0.3) is 5.91 Å². The average molecular weight is 611 g/mol. The zero-order chi connectivity index (χ0) is 30.9. The van der Waals surface area contributed by atoms with E-state index in [1.807, 2.05) is 36.4 Å². The second-order valence-electron chi connectivity index (χ2n) is 10.5. The number of methoxy groups -OCH3 is 1. The molecule has 0 aliphatic rings. The second kappa shape index (κ2) is 14.7. The van der Waals surface area contributed by atoms with Gasteiger partial charge in [-0.05, 0) is 79.3 Å². The van der Waals surface area contributed by atoms with Crippen LogP contribution < -0.4 is 10.1 Å². The van der Waals surface area contributed by atoms with Crippen LogP contribution in [0.25, 0.3) is 5.69 Å². The molecular formula is C35H35FN4O3S. The van der Waals surface area contributed by atoms with E-state index in [0.29, 0.717) is 25.8 Å². The van der Waals surface area contributed by atoms with Gasteiger partial charge in [0.05, 0.1) is 18.4 Å². The summed E-state index contributed by atoms with van der Waals surface area (Å²) in [6.45, 7) is 2.51. The first kappa shape index (κ1) is 30.8. The van der Waals surface area contributed by atoms with Gasteiger partial charge in [-0.3, -0.25) is 9.36 Å². The van der Waals surface area contributed by atoms with Crippen molar-refractivity contribution in [3.05, 3.63) is 131 Å². The average Bonchev–Trinajstić information content (AvgIpc) is 3.47. The summed E-state index contributed by atoms with van der Waals surface area (Å²) in [4.78, 5) is 12.7. The maximum atomic E-state index is 13.8. The molecular weight excluding hydrogens is 575 g/mol. The molecule has 226 valence electrons. The minimum absolute atomic E-state index is 0.0543. The van der Waals surface area contributed by atoms with Gasteiger partial charge in [-0.2, -0.15) is 0 Å². The number of halogens is 1. The Kier molecular flexibility index (Phi) is 10.3. The summed E-state index contributed by atoms with van der Waals surface area (Å²) >= 11 is 1.62. The highest BCUT2D eigenvalue weighted by Crippen LogP contribution is 2.33. The number of amides is 1. The number of aromatic nitrogens is 3. The van der Waals surface area contributed by atoms with Crippen molar-refractivity contribution in [2.45, 2.75) is 43.0 Å². The zero-order valence-corrected chi connectivity index (χ0v) is 25.6. The number of aromatic hydroxyl groups is 1. The van der Waals surface area contributed by atoms with Crippen LogP contribution in [0.1, 0.15) is 51.6 Å². The molecule has 5 aromatic rings. The molecule has 0 saturated heterocycles. The monoisotopic (exact) mass is 610 g/mol. The van der Waals surface area contributed by atoms with Gasteiger partial charge >= 0.3 is 0 Å². The van der Waals surface area contributed by atoms with Crippen LogP contribution in [0, 0.1) is 12.7 Å². The Labute approximate surface area is 261 Å². The third-order valence-electron chi connectivity index (χ3n) is 7.51. The molecule has 1 aromatic heterocycles. The van der Waals surface area contributed by atoms with Crippen molar-refractivity contribution in [3.8, 4) is 17.2 Å². The van der Waals surface area contributed by atoms with E-state index in [0.717, 1.165) is 33.7 Å². The van der Waals surface area contributed by atoms with Crippen LogP contribution in [0.4, 0.5) is 4.39 Å². The fourth-order valence-electron chi connectivity index (χ4n) is 5.08. The summed E-state index contributed by atoms with van der Waals surface area (Å²) in [5.74, 6) is 1.48. The fourth-order valence-corrected chi connectivity index (χ4v) is 6.12. The number of thioether (sulfide) groups is 1. The maximum Gasteiger partial charge on any atom is 0.255 e. The lowest BCUT2D eigenvalue weighted by atomic mass is 9.93. The quantitative estimate of drug-likeness (QED) is 0.108. The van der Waals surface area contributed by atoms with Crippen molar-refractivity contribution >= 4 is 17.7 Å². The number of benzene rings is 4. The summed E-state index contributed by atoms with van der Waals surface area (Å²) in [5.41, 5.74) is 4.54. The number of rotatable bonds is 13. The van der Waals surface area contributed by atoms with Crippen molar-refractivity contribution in [3.63, 3.8) is 0 Å². The van der Waals surface area contributed by atoms with E-state index in [1.54, 1.807) is 49.2 Å². The molecule has 44 heavy (non-hydrogen) atoms. The molecule has 0 fully saturated rings. The third-order valence-corrected chi connectivity index (χ3v) is 8.49. The number of para-hydroxylation sites is 1. The van der Waals surface area contributed by atoms with Crippen LogP contribution in [-0.2, 0) is 12.2 Å². The highest BCUT2D eigenvalue weighted by molar-refractivity contribution is 7.98. The van der Waals surface area contributed by atoms with Crippen molar-refractivity contribution in [2.75, 3.05) is 13.7 Å². The van der Waals surface area contributed by atoms with Gasteiger partial charge in [-0.1, -0.05) is 66.4 Å². The molecule has 0 spiro atoms. The molecule has 1 atom stereocenters. The summed E-state index contributed by atoms with van der Waals surface area (Å²) in [6.07, 6.45) is 1.95. The van der Waals surface area contributed by atoms with E-state index in [1.165, 1.54) is 29.3 Å². The van der Waals surface area contributed by atoms with Crippen LogP contribution in [0.15, 0.2) is 102 Å². The van der Waals surface area contributed by atoms with Crippen molar-refractivity contribution < 1.29 is 19.0 Å². The van der Waals surface area contributed by atoms with E-state index in [9.17, 15) is 14.3 Å². The van der Waals surface area contributed by atoms with Gasteiger partial charge in [0.2, 0.25) is 0 Å². The molecule has 0 radical (unpaired) electrons.